The van der Waals surface area contributed by atoms with Crippen molar-refractivity contribution >= 4 is 0 Å². The van der Waals surface area contributed by atoms with E-state index in [0.717, 1.165) is 0 Å². The summed E-state index contributed by atoms with van der Waals surface area (Å²) < 4.78 is 0. The van der Waals surface area contributed by atoms with Crippen LogP contribution in [0.25, 0.3) is 0 Å². The molecule has 0 atom stereocenters. The molecule has 1 heteroatoms. The van der Waals surface area contributed by atoms with Crippen molar-refractivity contribution in [2.45, 2.75) is 65.3 Å². The Morgan fingerprint density at radius 3 is 1.92 bits per heavy atom. The first kappa shape index (κ1) is 13.0. The minimum absolute atomic E-state index is 0.338. The summed E-state index contributed by atoms with van der Waals surface area (Å²) in [4.78, 5) is 2.44. The van der Waals surface area contributed by atoms with Crippen LogP contribution >= 0.6 is 0 Å². The molecule has 0 bridgehead atoms. The molecule has 0 aliphatic carbocycles. The molecule has 0 aliphatic rings. The average molecular weight is 185 g/mol. The molecule has 1 nitrogen and oxygen atoms in total. The quantitative estimate of drug-likeness (QED) is 0.570. The first-order chi connectivity index (χ1) is 5.98. The van der Waals surface area contributed by atoms with Crippen LogP contribution in [0.4, 0.5) is 0 Å². The summed E-state index contributed by atoms with van der Waals surface area (Å²) in [6, 6.07) is 0. The lowest BCUT2D eigenvalue weighted by Gasteiger charge is -2.31. The molecule has 0 aromatic rings. The molecule has 0 radical (unpaired) electrons. The van der Waals surface area contributed by atoms with Crippen molar-refractivity contribution in [3.05, 3.63) is 0 Å². The number of hydrogen-bond acceptors (Lipinski definition) is 1. The van der Waals surface area contributed by atoms with Gasteiger partial charge in [-0.3, -0.25) is 0 Å². The highest BCUT2D eigenvalue weighted by Gasteiger charge is 2.15. The lowest BCUT2D eigenvalue weighted by molar-refractivity contribution is 0.172. The largest absolute Gasteiger partial charge is 0.302 e. The maximum Gasteiger partial charge on any atom is 0.0122 e. The van der Waals surface area contributed by atoms with Crippen LogP contribution in [-0.4, -0.2) is 24.0 Å². The van der Waals surface area contributed by atoms with Crippen molar-refractivity contribution in [2.75, 3.05) is 13.6 Å². The number of unbranched alkanes of at least 4 members (excludes halogenated alkanes) is 4. The molecule has 0 amide bonds. The Morgan fingerprint density at radius 2 is 1.46 bits per heavy atom. The molecule has 0 rings (SSSR count). The molecule has 13 heavy (non-hydrogen) atoms. The third kappa shape index (κ3) is 7.06. The van der Waals surface area contributed by atoms with Gasteiger partial charge in [0.25, 0.3) is 0 Å². The summed E-state index contributed by atoms with van der Waals surface area (Å²) in [6.07, 6.45) is 6.91. The maximum atomic E-state index is 2.44. The summed E-state index contributed by atoms with van der Waals surface area (Å²) in [5.41, 5.74) is 0.338. The molecule has 0 saturated heterocycles. The van der Waals surface area contributed by atoms with Crippen LogP contribution in [0, 0.1) is 0 Å². The Labute approximate surface area is 84.5 Å². The zero-order valence-corrected chi connectivity index (χ0v) is 10.2. The van der Waals surface area contributed by atoms with E-state index in [-0.39, 0.29) is 0 Å². The smallest absolute Gasteiger partial charge is 0.0122 e. The van der Waals surface area contributed by atoms with Crippen LogP contribution < -0.4 is 0 Å². The van der Waals surface area contributed by atoms with Crippen LogP contribution in [0.3, 0.4) is 0 Å². The van der Waals surface area contributed by atoms with Crippen molar-refractivity contribution in [3.8, 4) is 0 Å². The average Bonchev–Trinajstić information content (AvgIpc) is 2.02. The Kier molecular flexibility index (Phi) is 6.40. The number of rotatable bonds is 6. The van der Waals surface area contributed by atoms with Gasteiger partial charge in [-0.2, -0.15) is 0 Å². The molecule has 0 aromatic heterocycles. The van der Waals surface area contributed by atoms with Gasteiger partial charge in [0.1, 0.15) is 0 Å². The maximum absolute atomic E-state index is 2.44. The molecule has 0 unspecified atom stereocenters. The minimum Gasteiger partial charge on any atom is -0.302 e. The van der Waals surface area contributed by atoms with Gasteiger partial charge in [0, 0.05) is 5.54 Å². The number of hydrogen-bond donors (Lipinski definition) is 0. The van der Waals surface area contributed by atoms with Gasteiger partial charge in [0.15, 0.2) is 0 Å². The second-order valence-electron chi connectivity index (χ2n) is 5.01. The third-order valence-corrected chi connectivity index (χ3v) is 2.74. The fourth-order valence-electron chi connectivity index (χ4n) is 1.29. The van der Waals surface area contributed by atoms with Crippen molar-refractivity contribution in [1.82, 2.24) is 4.90 Å². The topological polar surface area (TPSA) is 3.24 Å². The van der Waals surface area contributed by atoms with E-state index in [4.69, 9.17) is 0 Å². The van der Waals surface area contributed by atoms with E-state index >= 15 is 0 Å². The van der Waals surface area contributed by atoms with Gasteiger partial charge in [0.2, 0.25) is 0 Å². The monoisotopic (exact) mass is 185 g/mol. The van der Waals surface area contributed by atoms with E-state index in [1.165, 1.54) is 38.6 Å². The van der Waals surface area contributed by atoms with Crippen molar-refractivity contribution in [2.24, 2.45) is 0 Å². The summed E-state index contributed by atoms with van der Waals surface area (Å²) in [6.45, 7) is 10.3. The summed E-state index contributed by atoms with van der Waals surface area (Å²) in [5.74, 6) is 0. The lowest BCUT2D eigenvalue weighted by Crippen LogP contribution is -2.38. The van der Waals surface area contributed by atoms with Gasteiger partial charge >= 0.3 is 0 Å². The summed E-state index contributed by atoms with van der Waals surface area (Å²) >= 11 is 0. The molecule has 0 fully saturated rings. The fraction of sp³-hybridized carbons (Fsp3) is 1.00. The van der Waals surface area contributed by atoms with E-state index in [1.54, 1.807) is 0 Å². The van der Waals surface area contributed by atoms with Gasteiger partial charge in [0.05, 0.1) is 0 Å². The molecule has 0 aliphatic heterocycles. The van der Waals surface area contributed by atoms with Crippen LogP contribution in [0.15, 0.2) is 0 Å². The van der Waals surface area contributed by atoms with Gasteiger partial charge in [-0.15, -0.1) is 0 Å². The fourth-order valence-corrected chi connectivity index (χ4v) is 1.29. The Morgan fingerprint density at radius 1 is 0.923 bits per heavy atom. The first-order valence-corrected chi connectivity index (χ1v) is 5.69. The molecule has 0 heterocycles. The number of nitrogens with zero attached hydrogens (tertiary/aromatic N) is 1. The van der Waals surface area contributed by atoms with Crippen LogP contribution in [-0.2, 0) is 0 Å². The summed E-state index contributed by atoms with van der Waals surface area (Å²) in [7, 11) is 2.22. The molecule has 80 valence electrons. The van der Waals surface area contributed by atoms with E-state index in [2.05, 4.69) is 39.6 Å². The summed E-state index contributed by atoms with van der Waals surface area (Å²) in [5, 5.41) is 0. The predicted octanol–water partition coefficient (Wildman–Crippen LogP) is 3.69. The zero-order valence-electron chi connectivity index (χ0n) is 10.2. The molecular weight excluding hydrogens is 158 g/mol. The Balaban J connectivity index is 3.32. The highest BCUT2D eigenvalue weighted by atomic mass is 15.1. The first-order valence-electron chi connectivity index (χ1n) is 5.69. The van der Waals surface area contributed by atoms with Gasteiger partial charge in [-0.05, 0) is 40.8 Å². The minimum atomic E-state index is 0.338. The molecule has 0 spiro atoms. The van der Waals surface area contributed by atoms with Crippen LogP contribution in [0.5, 0.6) is 0 Å². The van der Waals surface area contributed by atoms with Gasteiger partial charge < -0.3 is 4.90 Å². The molecular formula is C12H27N. The zero-order chi connectivity index (χ0) is 10.3. The molecule has 0 N–H and O–H groups in total. The normalized spacial score (nSPS) is 12.5. The molecule has 0 saturated carbocycles. The SMILES string of the molecule is CCCCCCCN(C)C(C)(C)C. The van der Waals surface area contributed by atoms with E-state index in [1.807, 2.05) is 0 Å². The standard InChI is InChI=1S/C12H27N/c1-6-7-8-9-10-11-13(5)12(2,3)4/h6-11H2,1-5H3. The van der Waals surface area contributed by atoms with Crippen molar-refractivity contribution in [1.29, 1.82) is 0 Å². The Bertz CT molecular complexity index is 113. The highest BCUT2D eigenvalue weighted by molar-refractivity contribution is 4.72. The predicted molar refractivity (Wildman–Crippen MR) is 61.1 cm³/mol. The van der Waals surface area contributed by atoms with Crippen LogP contribution in [0.2, 0.25) is 0 Å². The van der Waals surface area contributed by atoms with Gasteiger partial charge in [-0.1, -0.05) is 32.6 Å². The highest BCUT2D eigenvalue weighted by Crippen LogP contribution is 2.12. The molecule has 0 aromatic carbocycles. The van der Waals surface area contributed by atoms with E-state index < -0.39 is 0 Å². The van der Waals surface area contributed by atoms with E-state index in [0.29, 0.717) is 5.54 Å². The van der Waals surface area contributed by atoms with Crippen molar-refractivity contribution in [3.63, 3.8) is 0 Å². The van der Waals surface area contributed by atoms with Crippen LogP contribution in [0.1, 0.15) is 59.8 Å². The second-order valence-corrected chi connectivity index (χ2v) is 5.01. The van der Waals surface area contributed by atoms with E-state index in [9.17, 15) is 0 Å². The lowest BCUT2D eigenvalue weighted by atomic mass is 10.1. The second kappa shape index (κ2) is 6.42. The van der Waals surface area contributed by atoms with Gasteiger partial charge in [-0.25, -0.2) is 0 Å². The third-order valence-electron chi connectivity index (χ3n) is 2.74. The Hall–Kier alpha value is -0.0400. The van der Waals surface area contributed by atoms with Crippen molar-refractivity contribution < 1.29 is 0 Å².